The maximum atomic E-state index is 12.0. The third-order valence-corrected chi connectivity index (χ3v) is 5.80. The molecule has 1 heterocycles. The largest absolute Gasteiger partial charge is 0.369 e. The number of fused-ring (bicyclic) bond motifs is 1. The van der Waals surface area contributed by atoms with Crippen molar-refractivity contribution in [2.24, 2.45) is 0 Å². The Morgan fingerprint density at radius 2 is 2.00 bits per heavy atom. The Labute approximate surface area is 131 Å². The molecule has 1 aromatic carbocycles. The fourth-order valence-corrected chi connectivity index (χ4v) is 3.47. The molecular formula is C16H19N3O2S. The van der Waals surface area contributed by atoms with Crippen molar-refractivity contribution in [2.45, 2.75) is 17.2 Å². The summed E-state index contributed by atoms with van der Waals surface area (Å²) in [5.74, 6) is 1.20. The Kier molecular flexibility index (Phi) is 3.88. The van der Waals surface area contributed by atoms with Gasteiger partial charge in [0.2, 0.25) is 10.0 Å². The summed E-state index contributed by atoms with van der Waals surface area (Å²) in [7, 11) is -0.396. The second-order valence-electron chi connectivity index (χ2n) is 5.65. The number of anilines is 1. The lowest BCUT2D eigenvalue weighted by Crippen LogP contribution is -2.24. The molecule has 0 bridgehead atoms. The lowest BCUT2D eigenvalue weighted by molar-refractivity contribution is 0.520. The normalized spacial score (nSPS) is 17.0. The number of nitrogens with zero attached hydrogens (tertiary/aromatic N) is 2. The van der Waals surface area contributed by atoms with Crippen LogP contribution in [-0.2, 0) is 16.4 Å². The number of sulfonamides is 1. The molecule has 116 valence electrons. The van der Waals surface area contributed by atoms with E-state index >= 15 is 0 Å². The molecule has 5 nitrogen and oxygen atoms in total. The Balaban J connectivity index is 1.64. The Morgan fingerprint density at radius 3 is 2.64 bits per heavy atom. The molecule has 1 aromatic heterocycles. The molecule has 1 aliphatic rings. The summed E-state index contributed by atoms with van der Waals surface area (Å²) >= 11 is 0. The van der Waals surface area contributed by atoms with Gasteiger partial charge in [-0.1, -0.05) is 24.3 Å². The van der Waals surface area contributed by atoms with Crippen LogP contribution < -0.4 is 5.32 Å². The third-order valence-electron chi connectivity index (χ3n) is 4.01. The molecule has 0 radical (unpaired) electrons. The van der Waals surface area contributed by atoms with E-state index in [1.807, 2.05) is 0 Å². The minimum absolute atomic E-state index is 0.206. The summed E-state index contributed by atoms with van der Waals surface area (Å²) in [6.07, 6.45) is 2.47. The van der Waals surface area contributed by atoms with E-state index in [9.17, 15) is 8.42 Å². The topological polar surface area (TPSA) is 62.3 Å². The van der Waals surface area contributed by atoms with Crippen molar-refractivity contribution >= 4 is 15.8 Å². The van der Waals surface area contributed by atoms with Crippen LogP contribution in [-0.4, -0.2) is 38.3 Å². The Hall–Kier alpha value is -1.92. The smallest absolute Gasteiger partial charge is 0.244 e. The third kappa shape index (κ3) is 2.71. The molecule has 0 aliphatic heterocycles. The summed E-state index contributed by atoms with van der Waals surface area (Å²) in [4.78, 5) is 4.40. The maximum absolute atomic E-state index is 12.0. The van der Waals surface area contributed by atoms with Gasteiger partial charge in [0.15, 0.2) is 0 Å². The highest BCUT2D eigenvalue weighted by Gasteiger charge is 2.25. The Bertz CT molecular complexity index is 770. The van der Waals surface area contributed by atoms with E-state index in [4.69, 9.17) is 0 Å². The van der Waals surface area contributed by atoms with E-state index in [2.05, 4.69) is 34.6 Å². The highest BCUT2D eigenvalue weighted by atomic mass is 32.2. The zero-order valence-corrected chi connectivity index (χ0v) is 13.5. The molecule has 3 rings (SSSR count). The fourth-order valence-electron chi connectivity index (χ4n) is 2.62. The van der Waals surface area contributed by atoms with Crippen molar-refractivity contribution in [1.29, 1.82) is 0 Å². The van der Waals surface area contributed by atoms with E-state index in [1.54, 1.807) is 12.1 Å². The Morgan fingerprint density at radius 1 is 1.23 bits per heavy atom. The first kappa shape index (κ1) is 15.0. The van der Waals surface area contributed by atoms with Crippen molar-refractivity contribution in [2.75, 3.05) is 26.0 Å². The summed E-state index contributed by atoms with van der Waals surface area (Å²) in [6.45, 7) is 0.809. The average molecular weight is 317 g/mol. The first-order valence-electron chi connectivity index (χ1n) is 7.19. The molecule has 2 aromatic rings. The maximum Gasteiger partial charge on any atom is 0.244 e. The zero-order chi connectivity index (χ0) is 15.7. The first-order chi connectivity index (χ1) is 10.5. The number of nitrogens with one attached hydrogen (secondary N) is 1. The zero-order valence-electron chi connectivity index (χ0n) is 12.7. The van der Waals surface area contributed by atoms with Crippen molar-refractivity contribution in [3.05, 3.63) is 53.7 Å². The van der Waals surface area contributed by atoms with E-state index in [0.717, 1.165) is 13.0 Å². The molecule has 0 saturated heterocycles. The summed E-state index contributed by atoms with van der Waals surface area (Å²) in [5.41, 5.74) is 2.80. The van der Waals surface area contributed by atoms with Gasteiger partial charge >= 0.3 is 0 Å². The molecule has 1 N–H and O–H groups in total. The van der Waals surface area contributed by atoms with E-state index in [-0.39, 0.29) is 4.90 Å². The number of aromatic nitrogens is 1. The van der Waals surface area contributed by atoms with Gasteiger partial charge in [0, 0.05) is 32.8 Å². The highest BCUT2D eigenvalue weighted by Crippen LogP contribution is 2.34. The molecular weight excluding hydrogens is 298 g/mol. The van der Waals surface area contributed by atoms with Gasteiger partial charge in [-0.15, -0.1) is 0 Å². The predicted molar refractivity (Wildman–Crippen MR) is 86.5 cm³/mol. The average Bonchev–Trinajstić information content (AvgIpc) is 2.48. The van der Waals surface area contributed by atoms with Gasteiger partial charge in [0.1, 0.15) is 10.7 Å². The van der Waals surface area contributed by atoms with E-state index in [1.165, 1.54) is 35.7 Å². The summed E-state index contributed by atoms with van der Waals surface area (Å²) in [5, 5.41) is 3.28. The van der Waals surface area contributed by atoms with Crippen LogP contribution in [0.3, 0.4) is 0 Å². The molecule has 0 spiro atoms. The predicted octanol–water partition coefficient (Wildman–Crippen LogP) is 2.08. The lowest BCUT2D eigenvalue weighted by Gasteiger charge is -2.30. The number of pyridine rings is 1. The molecule has 22 heavy (non-hydrogen) atoms. The second kappa shape index (κ2) is 5.70. The van der Waals surface area contributed by atoms with Gasteiger partial charge < -0.3 is 5.32 Å². The summed E-state index contributed by atoms with van der Waals surface area (Å²) in [6, 6.07) is 11.7. The van der Waals surface area contributed by atoms with Crippen molar-refractivity contribution in [3.8, 4) is 0 Å². The number of benzene rings is 1. The van der Waals surface area contributed by atoms with Crippen molar-refractivity contribution in [1.82, 2.24) is 9.29 Å². The highest BCUT2D eigenvalue weighted by molar-refractivity contribution is 7.89. The van der Waals surface area contributed by atoms with E-state index < -0.39 is 10.0 Å². The van der Waals surface area contributed by atoms with Gasteiger partial charge in [-0.25, -0.2) is 17.7 Å². The number of hydrogen-bond donors (Lipinski definition) is 1. The van der Waals surface area contributed by atoms with Crippen molar-refractivity contribution in [3.63, 3.8) is 0 Å². The monoisotopic (exact) mass is 317 g/mol. The minimum atomic E-state index is -3.42. The summed E-state index contributed by atoms with van der Waals surface area (Å²) < 4.78 is 25.1. The molecule has 0 amide bonds. The fraction of sp³-hybridized carbons (Fsp3) is 0.312. The molecule has 1 aliphatic carbocycles. The number of hydrogen-bond acceptors (Lipinski definition) is 4. The molecule has 6 heteroatoms. The molecule has 0 unspecified atom stereocenters. The molecule has 1 atom stereocenters. The quantitative estimate of drug-likeness (QED) is 0.917. The van der Waals surface area contributed by atoms with E-state index in [0.29, 0.717) is 11.7 Å². The minimum Gasteiger partial charge on any atom is -0.369 e. The standard InChI is InChI=1S/C16H19N3O2S/c1-19(2)22(20,21)14-7-8-16(18-11-14)17-10-13-9-12-5-3-4-6-15(12)13/h3-8,11,13H,9-10H2,1-2H3,(H,17,18)/t13-/m1/s1. The van der Waals surface area contributed by atoms with Gasteiger partial charge in [-0.3, -0.25) is 0 Å². The van der Waals surface area contributed by atoms with Crippen LogP contribution in [0.15, 0.2) is 47.5 Å². The van der Waals surface area contributed by atoms with Gasteiger partial charge in [-0.2, -0.15) is 0 Å². The van der Waals surface area contributed by atoms with Gasteiger partial charge in [0.25, 0.3) is 0 Å². The van der Waals surface area contributed by atoms with Crippen LogP contribution in [0, 0.1) is 0 Å². The number of rotatable bonds is 5. The van der Waals surface area contributed by atoms with Crippen LogP contribution in [0.2, 0.25) is 0 Å². The van der Waals surface area contributed by atoms with Crippen LogP contribution in [0.4, 0.5) is 5.82 Å². The van der Waals surface area contributed by atoms with Crippen molar-refractivity contribution < 1.29 is 8.42 Å². The van der Waals surface area contributed by atoms with Gasteiger partial charge in [0.05, 0.1) is 0 Å². The SMILES string of the molecule is CN(C)S(=O)(=O)c1ccc(NC[C@H]2Cc3ccccc32)nc1. The second-order valence-corrected chi connectivity index (χ2v) is 7.80. The van der Waals surface area contributed by atoms with Gasteiger partial charge in [-0.05, 0) is 29.7 Å². The lowest BCUT2D eigenvalue weighted by atomic mass is 9.77. The van der Waals surface area contributed by atoms with Crippen LogP contribution >= 0.6 is 0 Å². The first-order valence-corrected chi connectivity index (χ1v) is 8.63. The van der Waals surface area contributed by atoms with Crippen LogP contribution in [0.1, 0.15) is 17.0 Å². The van der Waals surface area contributed by atoms with Crippen LogP contribution in [0.5, 0.6) is 0 Å². The molecule has 0 saturated carbocycles. The molecule has 0 fully saturated rings. The van der Waals surface area contributed by atoms with Crippen LogP contribution in [0.25, 0.3) is 0 Å².